The van der Waals surface area contributed by atoms with Crippen molar-refractivity contribution in [2.24, 2.45) is 17.8 Å². The molecule has 0 fully saturated rings. The number of allylic oxidation sites excluding steroid dienone is 2. The van der Waals surface area contributed by atoms with Crippen LogP contribution in [-0.2, 0) is 14.3 Å². The minimum Gasteiger partial charge on any atom is -0.468 e. The molecule has 0 aromatic heterocycles. The van der Waals surface area contributed by atoms with Gasteiger partial charge in [0, 0.05) is 6.42 Å². The number of Topliss-reactive ketones (excluding diaryl/α,β-unsaturated/α-hetero) is 1. The molecule has 0 spiro atoms. The van der Waals surface area contributed by atoms with Crippen molar-refractivity contribution in [2.75, 3.05) is 7.11 Å². The summed E-state index contributed by atoms with van der Waals surface area (Å²) in [6, 6.07) is 0. The van der Waals surface area contributed by atoms with E-state index >= 15 is 0 Å². The van der Waals surface area contributed by atoms with Crippen LogP contribution in [0.2, 0.25) is 0 Å². The number of hydrogen-bond acceptors (Lipinski definition) is 3. The molecule has 1 aliphatic carbocycles. The maximum atomic E-state index is 12.0. The molecule has 0 aromatic rings. The van der Waals surface area contributed by atoms with Gasteiger partial charge in [-0.2, -0.15) is 0 Å². The van der Waals surface area contributed by atoms with E-state index in [4.69, 9.17) is 4.74 Å². The van der Waals surface area contributed by atoms with Crippen LogP contribution in [0.5, 0.6) is 0 Å². The summed E-state index contributed by atoms with van der Waals surface area (Å²) in [6.45, 7) is 3.96. The Morgan fingerprint density at radius 2 is 1.94 bits per heavy atom. The first-order valence-corrected chi connectivity index (χ1v) is 5.81. The predicted octanol–water partition coefficient (Wildman–Crippen LogP) is 2.36. The third-order valence-electron chi connectivity index (χ3n) is 3.13. The number of carbonyl (C=O) groups excluding carboxylic acids is 2. The highest BCUT2D eigenvalue weighted by molar-refractivity contribution is 5.99. The summed E-state index contributed by atoms with van der Waals surface area (Å²) in [4.78, 5) is 23.6. The Labute approximate surface area is 96.9 Å². The number of carbonyl (C=O) groups is 2. The van der Waals surface area contributed by atoms with Gasteiger partial charge in [-0.05, 0) is 24.7 Å². The minimum atomic E-state index is -0.588. The molecule has 0 aliphatic heterocycles. The molecule has 3 nitrogen and oxygen atoms in total. The number of methoxy groups -OCH3 is 1. The average Bonchev–Trinajstić information content (AvgIpc) is 2.28. The first-order valence-electron chi connectivity index (χ1n) is 5.81. The normalized spacial score (nSPS) is 33.4. The second kappa shape index (κ2) is 5.83. The van der Waals surface area contributed by atoms with E-state index in [1.54, 1.807) is 0 Å². The van der Waals surface area contributed by atoms with Gasteiger partial charge in [-0.25, -0.2) is 0 Å². The van der Waals surface area contributed by atoms with Crippen molar-refractivity contribution in [2.45, 2.75) is 33.1 Å². The van der Waals surface area contributed by atoms with Crippen LogP contribution in [0, 0.1) is 17.8 Å². The van der Waals surface area contributed by atoms with Gasteiger partial charge in [0.15, 0.2) is 0 Å². The van der Waals surface area contributed by atoms with E-state index in [1.807, 2.05) is 13.8 Å². The lowest BCUT2D eigenvalue weighted by molar-refractivity contribution is -0.151. The summed E-state index contributed by atoms with van der Waals surface area (Å²) in [5.74, 6) is -0.617. The molecule has 0 N–H and O–H groups in total. The van der Waals surface area contributed by atoms with Gasteiger partial charge < -0.3 is 4.74 Å². The van der Waals surface area contributed by atoms with Gasteiger partial charge in [-0.15, -0.1) is 0 Å². The molecule has 0 radical (unpaired) electrons. The topological polar surface area (TPSA) is 43.4 Å². The Balaban J connectivity index is 2.86. The summed E-state index contributed by atoms with van der Waals surface area (Å²) >= 11 is 0. The molecular formula is C13H20O3. The summed E-state index contributed by atoms with van der Waals surface area (Å²) < 4.78 is 4.72. The van der Waals surface area contributed by atoms with Crippen molar-refractivity contribution < 1.29 is 14.3 Å². The van der Waals surface area contributed by atoms with Crippen molar-refractivity contribution in [3.05, 3.63) is 12.2 Å². The largest absolute Gasteiger partial charge is 0.468 e. The quantitative estimate of drug-likeness (QED) is 0.390. The molecule has 3 atom stereocenters. The highest BCUT2D eigenvalue weighted by Crippen LogP contribution is 2.25. The van der Waals surface area contributed by atoms with Crippen molar-refractivity contribution >= 4 is 11.8 Å². The van der Waals surface area contributed by atoms with Crippen molar-refractivity contribution in [1.82, 2.24) is 0 Å². The van der Waals surface area contributed by atoms with Gasteiger partial charge in [0.2, 0.25) is 0 Å². The Hall–Kier alpha value is -1.12. The van der Waals surface area contributed by atoms with Crippen molar-refractivity contribution in [3.63, 3.8) is 0 Å². The van der Waals surface area contributed by atoms with Crippen LogP contribution in [0.25, 0.3) is 0 Å². The number of rotatable bonds is 1. The Morgan fingerprint density at radius 1 is 1.31 bits per heavy atom. The number of hydrogen-bond donors (Lipinski definition) is 0. The van der Waals surface area contributed by atoms with E-state index in [1.165, 1.54) is 7.11 Å². The van der Waals surface area contributed by atoms with Gasteiger partial charge >= 0.3 is 5.97 Å². The molecule has 3 heteroatoms. The highest BCUT2D eigenvalue weighted by Gasteiger charge is 2.33. The summed E-state index contributed by atoms with van der Waals surface area (Å²) in [6.07, 6.45) is 6.31. The van der Waals surface area contributed by atoms with Crippen LogP contribution in [0.15, 0.2) is 12.2 Å². The second-order valence-corrected chi connectivity index (χ2v) is 4.70. The fourth-order valence-electron chi connectivity index (χ4n) is 2.14. The average molecular weight is 224 g/mol. The van der Waals surface area contributed by atoms with Gasteiger partial charge in [0.05, 0.1) is 7.11 Å². The van der Waals surface area contributed by atoms with E-state index in [-0.39, 0.29) is 17.7 Å². The SMILES string of the molecule is COC(=O)C1C(=O)C[C@H](C)C/C=C\C[C@@H]1C. The van der Waals surface area contributed by atoms with E-state index in [2.05, 4.69) is 12.2 Å². The standard InChI is InChI=1S/C13H20O3/c1-9-6-4-5-7-10(2)12(11(14)8-9)13(15)16-3/h4-5,9-10,12H,6-8H2,1-3H3/b5-4-/t9-,10+,12?/m1/s1. The Morgan fingerprint density at radius 3 is 2.56 bits per heavy atom. The van der Waals surface area contributed by atoms with E-state index in [0.717, 1.165) is 12.8 Å². The first-order chi connectivity index (χ1) is 7.56. The third kappa shape index (κ3) is 3.19. The summed E-state index contributed by atoms with van der Waals surface area (Å²) in [5.41, 5.74) is 0. The van der Waals surface area contributed by atoms with Crippen LogP contribution in [-0.4, -0.2) is 18.9 Å². The number of esters is 1. The molecule has 1 unspecified atom stereocenters. The van der Waals surface area contributed by atoms with Crippen LogP contribution < -0.4 is 0 Å². The van der Waals surface area contributed by atoms with E-state index in [9.17, 15) is 9.59 Å². The zero-order valence-electron chi connectivity index (χ0n) is 10.2. The van der Waals surface area contributed by atoms with Crippen LogP contribution >= 0.6 is 0 Å². The Bertz CT molecular complexity index is 294. The summed E-state index contributed by atoms with van der Waals surface area (Å²) in [7, 11) is 1.34. The third-order valence-corrected chi connectivity index (χ3v) is 3.13. The highest BCUT2D eigenvalue weighted by atomic mass is 16.5. The second-order valence-electron chi connectivity index (χ2n) is 4.70. The summed E-state index contributed by atoms with van der Waals surface area (Å²) in [5, 5.41) is 0. The molecule has 16 heavy (non-hydrogen) atoms. The molecule has 0 bridgehead atoms. The molecule has 0 saturated heterocycles. The number of ether oxygens (including phenoxy) is 1. The van der Waals surface area contributed by atoms with Gasteiger partial charge in [0.1, 0.15) is 11.7 Å². The van der Waals surface area contributed by atoms with Crippen LogP contribution in [0.4, 0.5) is 0 Å². The number of ketones is 1. The molecular weight excluding hydrogens is 204 g/mol. The molecule has 0 heterocycles. The van der Waals surface area contributed by atoms with Gasteiger partial charge in [-0.3, -0.25) is 9.59 Å². The molecule has 90 valence electrons. The van der Waals surface area contributed by atoms with Gasteiger partial charge in [0.25, 0.3) is 0 Å². The lowest BCUT2D eigenvalue weighted by Gasteiger charge is -2.19. The smallest absolute Gasteiger partial charge is 0.316 e. The first kappa shape index (κ1) is 12.9. The fraction of sp³-hybridized carbons (Fsp3) is 0.692. The lowest BCUT2D eigenvalue weighted by Crippen LogP contribution is -2.31. The maximum absolute atomic E-state index is 12.0. The molecule has 1 rings (SSSR count). The van der Waals surface area contributed by atoms with E-state index in [0.29, 0.717) is 12.3 Å². The molecule has 1 aliphatic rings. The van der Waals surface area contributed by atoms with Crippen molar-refractivity contribution in [3.8, 4) is 0 Å². The Kier molecular flexibility index (Phi) is 4.71. The fourth-order valence-corrected chi connectivity index (χ4v) is 2.14. The molecule has 0 aromatic carbocycles. The van der Waals surface area contributed by atoms with Crippen LogP contribution in [0.1, 0.15) is 33.1 Å². The maximum Gasteiger partial charge on any atom is 0.316 e. The zero-order chi connectivity index (χ0) is 12.1. The predicted molar refractivity (Wildman–Crippen MR) is 61.8 cm³/mol. The van der Waals surface area contributed by atoms with E-state index < -0.39 is 5.92 Å². The lowest BCUT2D eigenvalue weighted by atomic mass is 9.85. The minimum absolute atomic E-state index is 0.0237. The van der Waals surface area contributed by atoms with Gasteiger partial charge in [-0.1, -0.05) is 26.0 Å². The van der Waals surface area contributed by atoms with Crippen molar-refractivity contribution in [1.29, 1.82) is 0 Å². The zero-order valence-corrected chi connectivity index (χ0v) is 10.2. The molecule has 0 amide bonds. The molecule has 0 saturated carbocycles. The monoisotopic (exact) mass is 224 g/mol. The van der Waals surface area contributed by atoms with Crippen LogP contribution in [0.3, 0.4) is 0 Å².